The predicted molar refractivity (Wildman–Crippen MR) is 81.2 cm³/mol. The summed E-state index contributed by atoms with van der Waals surface area (Å²) in [5.41, 5.74) is 2.75. The first-order valence-electron chi connectivity index (χ1n) is 7.29. The van der Waals surface area contributed by atoms with Gasteiger partial charge in [-0.05, 0) is 29.9 Å². The molecule has 0 aromatic heterocycles. The fourth-order valence-corrected chi connectivity index (χ4v) is 3.15. The smallest absolute Gasteiger partial charge is 0.0688 e. The lowest BCUT2D eigenvalue weighted by atomic mass is 9.85. The standard InChI is InChI=1S/C18H21NO/c1-19-18(16-10-6-3-7-11-16)17(12-13-20-19)14-15-8-4-2-5-9-15/h2-11,17-18H,12-14H2,1H3. The molecular formula is C18H21NO. The van der Waals surface area contributed by atoms with Gasteiger partial charge in [0.25, 0.3) is 0 Å². The average molecular weight is 267 g/mol. The molecule has 104 valence electrons. The van der Waals surface area contributed by atoms with E-state index in [0.717, 1.165) is 19.4 Å². The van der Waals surface area contributed by atoms with Crippen molar-refractivity contribution in [3.63, 3.8) is 0 Å². The van der Waals surface area contributed by atoms with Crippen LogP contribution < -0.4 is 0 Å². The van der Waals surface area contributed by atoms with Gasteiger partial charge in [-0.3, -0.25) is 4.84 Å². The summed E-state index contributed by atoms with van der Waals surface area (Å²) >= 11 is 0. The highest BCUT2D eigenvalue weighted by Crippen LogP contribution is 2.35. The van der Waals surface area contributed by atoms with E-state index in [1.165, 1.54) is 11.1 Å². The summed E-state index contributed by atoms with van der Waals surface area (Å²) in [5.74, 6) is 0.596. The first-order valence-corrected chi connectivity index (χ1v) is 7.29. The number of hydrogen-bond donors (Lipinski definition) is 0. The van der Waals surface area contributed by atoms with Gasteiger partial charge < -0.3 is 0 Å². The second-order valence-corrected chi connectivity index (χ2v) is 5.47. The van der Waals surface area contributed by atoms with Gasteiger partial charge in [-0.25, -0.2) is 0 Å². The minimum Gasteiger partial charge on any atom is -0.299 e. The van der Waals surface area contributed by atoms with E-state index in [4.69, 9.17) is 4.84 Å². The van der Waals surface area contributed by atoms with Gasteiger partial charge in [-0.2, -0.15) is 5.06 Å². The molecule has 2 nitrogen and oxygen atoms in total. The molecule has 1 aliphatic heterocycles. The first kappa shape index (κ1) is 13.3. The molecule has 0 bridgehead atoms. The average Bonchev–Trinajstić information content (AvgIpc) is 2.49. The monoisotopic (exact) mass is 267 g/mol. The van der Waals surface area contributed by atoms with E-state index in [1.54, 1.807) is 0 Å². The van der Waals surface area contributed by atoms with E-state index in [-0.39, 0.29) is 0 Å². The van der Waals surface area contributed by atoms with E-state index in [9.17, 15) is 0 Å². The van der Waals surface area contributed by atoms with Crippen LogP contribution in [0.4, 0.5) is 0 Å². The maximum absolute atomic E-state index is 5.75. The fraction of sp³-hybridized carbons (Fsp3) is 0.333. The van der Waals surface area contributed by atoms with Crippen LogP contribution in [0.25, 0.3) is 0 Å². The second kappa shape index (κ2) is 6.21. The maximum Gasteiger partial charge on any atom is 0.0688 e. The molecule has 0 spiro atoms. The molecule has 2 heteroatoms. The van der Waals surface area contributed by atoms with Crippen LogP contribution in [0.2, 0.25) is 0 Å². The van der Waals surface area contributed by atoms with Gasteiger partial charge >= 0.3 is 0 Å². The molecule has 2 aromatic carbocycles. The number of hydrogen-bond acceptors (Lipinski definition) is 2. The molecule has 0 radical (unpaired) electrons. The van der Waals surface area contributed by atoms with Crippen molar-refractivity contribution in [1.82, 2.24) is 5.06 Å². The topological polar surface area (TPSA) is 12.5 Å². The molecule has 2 unspecified atom stereocenters. The molecule has 1 aliphatic rings. The Morgan fingerprint density at radius 2 is 1.65 bits per heavy atom. The van der Waals surface area contributed by atoms with Gasteiger partial charge in [0.2, 0.25) is 0 Å². The summed E-state index contributed by atoms with van der Waals surface area (Å²) in [7, 11) is 2.05. The van der Waals surface area contributed by atoms with Gasteiger partial charge in [0, 0.05) is 7.05 Å². The fourth-order valence-electron chi connectivity index (χ4n) is 3.15. The highest BCUT2D eigenvalue weighted by molar-refractivity contribution is 5.22. The Morgan fingerprint density at radius 1 is 1.00 bits per heavy atom. The van der Waals surface area contributed by atoms with Crippen molar-refractivity contribution >= 4 is 0 Å². The summed E-state index contributed by atoms with van der Waals surface area (Å²) < 4.78 is 0. The van der Waals surface area contributed by atoms with Crippen LogP contribution in [0.5, 0.6) is 0 Å². The Morgan fingerprint density at radius 3 is 2.35 bits per heavy atom. The van der Waals surface area contributed by atoms with Crippen molar-refractivity contribution in [2.45, 2.75) is 18.9 Å². The van der Waals surface area contributed by atoms with Crippen molar-refractivity contribution in [3.8, 4) is 0 Å². The van der Waals surface area contributed by atoms with Gasteiger partial charge in [-0.1, -0.05) is 60.7 Å². The van der Waals surface area contributed by atoms with E-state index in [1.807, 2.05) is 5.06 Å². The Kier molecular flexibility index (Phi) is 4.14. The van der Waals surface area contributed by atoms with Crippen LogP contribution in [-0.4, -0.2) is 18.7 Å². The quantitative estimate of drug-likeness (QED) is 0.837. The Labute approximate surface area is 120 Å². The van der Waals surface area contributed by atoms with Crippen molar-refractivity contribution < 1.29 is 4.84 Å². The zero-order valence-corrected chi connectivity index (χ0v) is 11.9. The summed E-state index contributed by atoms with van der Waals surface area (Å²) in [4.78, 5) is 5.75. The zero-order valence-electron chi connectivity index (χ0n) is 11.9. The lowest BCUT2D eigenvalue weighted by Crippen LogP contribution is -2.37. The van der Waals surface area contributed by atoms with Crippen LogP contribution in [-0.2, 0) is 11.3 Å². The molecule has 2 aromatic rings. The van der Waals surface area contributed by atoms with Crippen molar-refractivity contribution in [1.29, 1.82) is 0 Å². The van der Waals surface area contributed by atoms with E-state index >= 15 is 0 Å². The van der Waals surface area contributed by atoms with Crippen LogP contribution in [0.15, 0.2) is 60.7 Å². The predicted octanol–water partition coefficient (Wildman–Crippen LogP) is 3.85. The van der Waals surface area contributed by atoms with Crippen molar-refractivity contribution in [3.05, 3.63) is 71.8 Å². The zero-order chi connectivity index (χ0) is 13.8. The minimum absolute atomic E-state index is 0.338. The van der Waals surface area contributed by atoms with E-state index in [0.29, 0.717) is 12.0 Å². The lowest BCUT2D eigenvalue weighted by Gasteiger charge is -2.39. The van der Waals surface area contributed by atoms with Gasteiger partial charge in [-0.15, -0.1) is 0 Å². The highest BCUT2D eigenvalue weighted by Gasteiger charge is 2.31. The normalized spacial score (nSPS) is 23.6. The van der Waals surface area contributed by atoms with Crippen LogP contribution in [0.3, 0.4) is 0 Å². The van der Waals surface area contributed by atoms with Gasteiger partial charge in [0.05, 0.1) is 12.6 Å². The molecule has 1 fully saturated rings. The molecule has 0 N–H and O–H groups in total. The maximum atomic E-state index is 5.75. The van der Waals surface area contributed by atoms with Gasteiger partial charge in [0.1, 0.15) is 0 Å². The first-order chi connectivity index (χ1) is 9.84. The number of rotatable bonds is 3. The third-order valence-electron chi connectivity index (χ3n) is 4.10. The molecule has 20 heavy (non-hydrogen) atoms. The largest absolute Gasteiger partial charge is 0.299 e. The third kappa shape index (κ3) is 2.92. The molecule has 2 atom stereocenters. The Bertz CT molecular complexity index is 526. The SMILES string of the molecule is CN1OCCC(Cc2ccccc2)C1c1ccccc1. The van der Waals surface area contributed by atoms with Crippen molar-refractivity contribution in [2.24, 2.45) is 5.92 Å². The lowest BCUT2D eigenvalue weighted by molar-refractivity contribution is -0.213. The summed E-state index contributed by atoms with van der Waals surface area (Å²) in [6, 6.07) is 21.8. The molecule has 1 heterocycles. The van der Waals surface area contributed by atoms with Crippen LogP contribution in [0, 0.1) is 5.92 Å². The van der Waals surface area contributed by atoms with Crippen LogP contribution in [0.1, 0.15) is 23.6 Å². The summed E-state index contributed by atoms with van der Waals surface area (Å²) in [6.45, 7) is 0.817. The molecule has 1 saturated heterocycles. The number of hydroxylamine groups is 2. The number of nitrogens with zero attached hydrogens (tertiary/aromatic N) is 1. The second-order valence-electron chi connectivity index (χ2n) is 5.47. The summed E-state index contributed by atoms with van der Waals surface area (Å²) in [6.07, 6.45) is 2.22. The molecule has 0 saturated carbocycles. The van der Waals surface area contributed by atoms with Crippen molar-refractivity contribution in [2.75, 3.05) is 13.7 Å². The van der Waals surface area contributed by atoms with Gasteiger partial charge in [0.15, 0.2) is 0 Å². The summed E-state index contributed by atoms with van der Waals surface area (Å²) in [5, 5.41) is 2.03. The minimum atomic E-state index is 0.338. The van der Waals surface area contributed by atoms with Crippen LogP contribution >= 0.6 is 0 Å². The molecule has 0 amide bonds. The molecular weight excluding hydrogens is 246 g/mol. The number of benzene rings is 2. The molecule has 0 aliphatic carbocycles. The van der Waals surface area contributed by atoms with E-state index in [2.05, 4.69) is 67.7 Å². The Balaban J connectivity index is 1.83. The Hall–Kier alpha value is -1.64. The molecule has 3 rings (SSSR count). The third-order valence-corrected chi connectivity index (χ3v) is 4.10. The van der Waals surface area contributed by atoms with E-state index < -0.39 is 0 Å². The highest BCUT2D eigenvalue weighted by atomic mass is 16.7.